The highest BCUT2D eigenvalue weighted by molar-refractivity contribution is 5.83. The first-order chi connectivity index (χ1) is 9.95. The van der Waals surface area contributed by atoms with E-state index in [1.54, 1.807) is 4.90 Å². The second kappa shape index (κ2) is 8.46. The second-order valence-electron chi connectivity index (χ2n) is 5.11. The highest BCUT2D eigenvalue weighted by Crippen LogP contribution is 2.12. The van der Waals surface area contributed by atoms with Gasteiger partial charge in [0.25, 0.3) is 0 Å². The molecule has 1 heterocycles. The molecule has 0 aliphatic carbocycles. The van der Waals surface area contributed by atoms with Crippen LogP contribution in [-0.4, -0.2) is 59.6 Å². The molecule has 0 spiro atoms. The average molecular weight is 300 g/mol. The van der Waals surface area contributed by atoms with Crippen LogP contribution in [0.25, 0.3) is 0 Å². The van der Waals surface area contributed by atoms with Crippen molar-refractivity contribution in [2.45, 2.75) is 44.7 Å². The molecule has 1 aliphatic heterocycles. The Bertz CT molecular complexity index is 382. The Hall–Kier alpha value is -1.83. The second-order valence-corrected chi connectivity index (χ2v) is 5.11. The van der Waals surface area contributed by atoms with Gasteiger partial charge < -0.3 is 26.4 Å². The molecule has 0 aromatic heterocycles. The predicted octanol–water partition coefficient (Wildman–Crippen LogP) is -0.511. The van der Waals surface area contributed by atoms with Crippen molar-refractivity contribution in [3.8, 4) is 0 Å². The molecule has 1 saturated heterocycles. The number of urea groups is 1. The summed E-state index contributed by atoms with van der Waals surface area (Å²) in [5.41, 5.74) is 5.01. The van der Waals surface area contributed by atoms with Crippen LogP contribution in [0.2, 0.25) is 0 Å². The summed E-state index contributed by atoms with van der Waals surface area (Å²) in [4.78, 5) is 35.8. The minimum absolute atomic E-state index is 0.000182. The van der Waals surface area contributed by atoms with Crippen molar-refractivity contribution in [2.24, 2.45) is 5.73 Å². The molecule has 8 heteroatoms. The summed E-state index contributed by atoms with van der Waals surface area (Å²) < 4.78 is 0. The summed E-state index contributed by atoms with van der Waals surface area (Å²) in [6.45, 7) is 4.07. The quantitative estimate of drug-likeness (QED) is 0.504. The number of carbonyl (C=O) groups is 3. The van der Waals surface area contributed by atoms with Crippen LogP contribution in [0.5, 0.6) is 0 Å². The molecular weight excluding hydrogens is 276 g/mol. The van der Waals surface area contributed by atoms with Gasteiger partial charge in [-0.3, -0.25) is 4.79 Å². The molecule has 0 radical (unpaired) electrons. The van der Waals surface area contributed by atoms with Crippen molar-refractivity contribution >= 4 is 17.9 Å². The number of piperidine rings is 1. The molecular formula is C13H24N4O4. The Morgan fingerprint density at radius 3 is 2.48 bits per heavy atom. The van der Waals surface area contributed by atoms with Crippen molar-refractivity contribution in [2.75, 3.05) is 19.6 Å². The standard InChI is InChI=1S/C13H24N4O4/c1-2-17(9-5-7-15-8-6-9)13(21)16-10(12(19)20)3-4-11(14)18/h9-10,15H,2-8H2,1H3,(H2,14,18)(H,16,21)(H,19,20)/t10-/m1/s1. The molecule has 0 aromatic rings. The molecule has 0 bridgehead atoms. The first-order valence-electron chi connectivity index (χ1n) is 7.24. The molecule has 0 saturated carbocycles. The smallest absolute Gasteiger partial charge is 0.326 e. The molecule has 0 aromatic carbocycles. The van der Waals surface area contributed by atoms with Crippen molar-refractivity contribution in [3.63, 3.8) is 0 Å². The van der Waals surface area contributed by atoms with E-state index in [9.17, 15) is 14.4 Å². The number of amides is 3. The van der Waals surface area contributed by atoms with E-state index in [1.807, 2.05) is 6.92 Å². The summed E-state index contributed by atoms with van der Waals surface area (Å²) >= 11 is 0. The first-order valence-corrected chi connectivity index (χ1v) is 7.24. The highest BCUT2D eigenvalue weighted by atomic mass is 16.4. The van der Waals surface area contributed by atoms with Crippen LogP contribution in [0.15, 0.2) is 0 Å². The van der Waals surface area contributed by atoms with E-state index in [-0.39, 0.29) is 18.9 Å². The number of nitrogens with one attached hydrogen (secondary N) is 2. The van der Waals surface area contributed by atoms with Gasteiger partial charge in [-0.2, -0.15) is 0 Å². The van der Waals surface area contributed by atoms with E-state index in [1.165, 1.54) is 0 Å². The van der Waals surface area contributed by atoms with Crippen molar-refractivity contribution < 1.29 is 19.5 Å². The SMILES string of the molecule is CCN(C(=O)N[C@H](CCC(N)=O)C(=O)O)C1CCNCC1. The fourth-order valence-corrected chi connectivity index (χ4v) is 2.46. The number of rotatable bonds is 7. The summed E-state index contributed by atoms with van der Waals surface area (Å²) in [6.07, 6.45) is 1.62. The number of aliphatic carboxylic acids is 1. The number of nitrogens with two attached hydrogens (primary N) is 1. The summed E-state index contributed by atoms with van der Waals surface area (Å²) in [7, 11) is 0. The number of carbonyl (C=O) groups excluding carboxylic acids is 2. The largest absolute Gasteiger partial charge is 0.480 e. The van der Waals surface area contributed by atoms with Gasteiger partial charge in [-0.1, -0.05) is 0 Å². The minimum atomic E-state index is -1.16. The average Bonchev–Trinajstić information content (AvgIpc) is 2.44. The fourth-order valence-electron chi connectivity index (χ4n) is 2.46. The Kier molecular flexibility index (Phi) is 6.93. The van der Waals surface area contributed by atoms with Gasteiger partial charge in [0.2, 0.25) is 5.91 Å². The van der Waals surface area contributed by atoms with Crippen LogP contribution >= 0.6 is 0 Å². The summed E-state index contributed by atoms with van der Waals surface area (Å²) in [5.74, 6) is -1.74. The Morgan fingerprint density at radius 2 is 2.00 bits per heavy atom. The van der Waals surface area contributed by atoms with Crippen LogP contribution in [-0.2, 0) is 9.59 Å². The fraction of sp³-hybridized carbons (Fsp3) is 0.769. The van der Waals surface area contributed by atoms with E-state index >= 15 is 0 Å². The number of hydrogen-bond donors (Lipinski definition) is 4. The van der Waals surface area contributed by atoms with Gasteiger partial charge in [-0.25, -0.2) is 9.59 Å². The minimum Gasteiger partial charge on any atom is -0.480 e. The lowest BCUT2D eigenvalue weighted by Gasteiger charge is -2.34. The Morgan fingerprint density at radius 1 is 1.38 bits per heavy atom. The zero-order valence-electron chi connectivity index (χ0n) is 12.3. The normalized spacial score (nSPS) is 17.0. The molecule has 8 nitrogen and oxygen atoms in total. The monoisotopic (exact) mass is 300 g/mol. The van der Waals surface area contributed by atoms with E-state index in [2.05, 4.69) is 10.6 Å². The van der Waals surface area contributed by atoms with Crippen molar-refractivity contribution in [1.82, 2.24) is 15.5 Å². The Labute approximate surface area is 124 Å². The molecule has 0 unspecified atom stereocenters. The van der Waals surface area contributed by atoms with E-state index in [0.717, 1.165) is 25.9 Å². The number of nitrogens with zero attached hydrogens (tertiary/aromatic N) is 1. The van der Waals surface area contributed by atoms with Gasteiger partial charge in [0.05, 0.1) is 0 Å². The van der Waals surface area contributed by atoms with Gasteiger partial charge in [0.1, 0.15) is 6.04 Å². The van der Waals surface area contributed by atoms with Crippen molar-refractivity contribution in [1.29, 1.82) is 0 Å². The van der Waals surface area contributed by atoms with Crippen LogP contribution in [0.1, 0.15) is 32.6 Å². The first kappa shape index (κ1) is 17.2. The molecule has 1 aliphatic rings. The highest BCUT2D eigenvalue weighted by Gasteiger charge is 2.27. The van der Waals surface area contributed by atoms with Crippen LogP contribution in [0, 0.1) is 0 Å². The van der Waals surface area contributed by atoms with E-state index in [0.29, 0.717) is 6.54 Å². The molecule has 3 amide bonds. The maximum atomic E-state index is 12.2. The number of hydrogen-bond acceptors (Lipinski definition) is 4. The van der Waals surface area contributed by atoms with Gasteiger partial charge in [-0.15, -0.1) is 0 Å². The zero-order valence-corrected chi connectivity index (χ0v) is 12.3. The topological polar surface area (TPSA) is 125 Å². The van der Waals surface area contributed by atoms with E-state index < -0.39 is 23.9 Å². The lowest BCUT2D eigenvalue weighted by atomic mass is 10.1. The zero-order chi connectivity index (χ0) is 15.8. The van der Waals surface area contributed by atoms with Gasteiger partial charge in [0, 0.05) is 19.0 Å². The third-order valence-corrected chi connectivity index (χ3v) is 3.63. The molecule has 1 fully saturated rings. The lowest BCUT2D eigenvalue weighted by molar-refractivity contribution is -0.139. The third kappa shape index (κ3) is 5.58. The number of carboxylic acids is 1. The number of carboxylic acid groups (broad SMARTS) is 1. The van der Waals surface area contributed by atoms with Crippen LogP contribution in [0.4, 0.5) is 4.79 Å². The Balaban J connectivity index is 2.60. The molecule has 120 valence electrons. The van der Waals surface area contributed by atoms with Gasteiger partial charge in [0.15, 0.2) is 0 Å². The summed E-state index contributed by atoms with van der Waals surface area (Å²) in [6, 6.07) is -1.39. The lowest BCUT2D eigenvalue weighted by Crippen LogP contribution is -2.53. The molecule has 5 N–H and O–H groups in total. The maximum Gasteiger partial charge on any atom is 0.326 e. The van der Waals surface area contributed by atoms with Crippen LogP contribution < -0.4 is 16.4 Å². The maximum absolute atomic E-state index is 12.2. The molecule has 1 atom stereocenters. The predicted molar refractivity (Wildman–Crippen MR) is 76.7 cm³/mol. The summed E-state index contributed by atoms with van der Waals surface area (Å²) in [5, 5.41) is 14.8. The van der Waals surface area contributed by atoms with Crippen molar-refractivity contribution in [3.05, 3.63) is 0 Å². The third-order valence-electron chi connectivity index (χ3n) is 3.63. The van der Waals surface area contributed by atoms with Gasteiger partial charge in [-0.05, 0) is 39.3 Å². The van der Waals surface area contributed by atoms with Crippen LogP contribution in [0.3, 0.4) is 0 Å². The molecule has 1 rings (SSSR count). The number of primary amides is 1. The van der Waals surface area contributed by atoms with Gasteiger partial charge >= 0.3 is 12.0 Å². The van der Waals surface area contributed by atoms with E-state index in [4.69, 9.17) is 10.8 Å². The molecule has 21 heavy (non-hydrogen) atoms.